The molecule has 0 unspecified atom stereocenters. The SMILES string of the molecule is CSNc1ccc(N(C)SC)cc1. The topological polar surface area (TPSA) is 15.3 Å². The standard InChI is InChI=1S/C9H14N2S2/c1-11(13-3)9-6-4-8(5-7-9)10-12-2/h4-7,10H,1-3H3. The first-order valence-electron chi connectivity index (χ1n) is 3.95. The van der Waals surface area contributed by atoms with Crippen LogP contribution in [0.5, 0.6) is 0 Å². The molecule has 0 aliphatic heterocycles. The van der Waals surface area contributed by atoms with E-state index < -0.39 is 0 Å². The van der Waals surface area contributed by atoms with E-state index in [9.17, 15) is 0 Å². The zero-order valence-electron chi connectivity index (χ0n) is 8.07. The molecule has 1 aromatic rings. The predicted molar refractivity (Wildman–Crippen MR) is 65.5 cm³/mol. The van der Waals surface area contributed by atoms with Gasteiger partial charge in [-0.1, -0.05) is 23.9 Å². The van der Waals surface area contributed by atoms with Crippen molar-refractivity contribution in [2.75, 3.05) is 28.6 Å². The molecule has 0 fully saturated rings. The van der Waals surface area contributed by atoms with Crippen LogP contribution in [0, 0.1) is 0 Å². The summed E-state index contributed by atoms with van der Waals surface area (Å²) in [6.45, 7) is 0. The third-order valence-corrected chi connectivity index (χ3v) is 2.92. The third kappa shape index (κ3) is 3.04. The molecular formula is C9H14N2S2. The van der Waals surface area contributed by atoms with Crippen molar-refractivity contribution < 1.29 is 0 Å². The molecule has 2 nitrogen and oxygen atoms in total. The second kappa shape index (κ2) is 5.29. The molecule has 1 rings (SSSR count). The molecule has 0 aromatic heterocycles. The van der Waals surface area contributed by atoms with E-state index in [4.69, 9.17) is 0 Å². The van der Waals surface area contributed by atoms with Crippen LogP contribution < -0.4 is 9.03 Å². The monoisotopic (exact) mass is 214 g/mol. The highest BCUT2D eigenvalue weighted by molar-refractivity contribution is 8.00. The molecule has 0 amide bonds. The first-order valence-corrected chi connectivity index (χ1v) is 6.35. The molecule has 0 aliphatic carbocycles. The number of hydrogen-bond acceptors (Lipinski definition) is 4. The van der Waals surface area contributed by atoms with Crippen molar-refractivity contribution in [3.8, 4) is 0 Å². The summed E-state index contributed by atoms with van der Waals surface area (Å²) in [4.78, 5) is 0. The van der Waals surface area contributed by atoms with Crippen LogP contribution in [0.4, 0.5) is 11.4 Å². The Balaban J connectivity index is 2.69. The van der Waals surface area contributed by atoms with E-state index in [-0.39, 0.29) is 0 Å². The average molecular weight is 214 g/mol. The summed E-state index contributed by atoms with van der Waals surface area (Å²) in [5.74, 6) is 0. The number of benzene rings is 1. The number of rotatable bonds is 4. The van der Waals surface area contributed by atoms with Crippen LogP contribution in [0.15, 0.2) is 24.3 Å². The van der Waals surface area contributed by atoms with Gasteiger partial charge in [-0.2, -0.15) is 0 Å². The lowest BCUT2D eigenvalue weighted by molar-refractivity contribution is 1.36. The molecule has 1 aromatic carbocycles. The quantitative estimate of drug-likeness (QED) is 0.774. The van der Waals surface area contributed by atoms with E-state index in [1.54, 1.807) is 23.9 Å². The molecular weight excluding hydrogens is 200 g/mol. The minimum atomic E-state index is 1.14. The Labute approximate surface area is 88.4 Å². The zero-order chi connectivity index (χ0) is 9.68. The van der Waals surface area contributed by atoms with Gasteiger partial charge in [-0.3, -0.25) is 0 Å². The Kier molecular flexibility index (Phi) is 4.32. The van der Waals surface area contributed by atoms with E-state index in [0.29, 0.717) is 0 Å². The Bertz CT molecular complexity index is 248. The average Bonchev–Trinajstić information content (AvgIpc) is 2.18. The van der Waals surface area contributed by atoms with Crippen LogP contribution in [0.1, 0.15) is 0 Å². The maximum Gasteiger partial charge on any atom is 0.0467 e. The summed E-state index contributed by atoms with van der Waals surface area (Å²) in [6, 6.07) is 8.38. The van der Waals surface area contributed by atoms with Crippen molar-refractivity contribution in [2.24, 2.45) is 0 Å². The number of anilines is 2. The van der Waals surface area contributed by atoms with Crippen LogP contribution >= 0.6 is 23.9 Å². The van der Waals surface area contributed by atoms with Gasteiger partial charge < -0.3 is 9.03 Å². The normalized spacial score (nSPS) is 9.77. The fraction of sp³-hybridized carbons (Fsp3) is 0.333. The fourth-order valence-corrected chi connectivity index (χ4v) is 1.67. The summed E-state index contributed by atoms with van der Waals surface area (Å²) >= 11 is 3.31. The molecule has 0 heterocycles. The van der Waals surface area contributed by atoms with Crippen molar-refractivity contribution in [1.29, 1.82) is 0 Å². The van der Waals surface area contributed by atoms with E-state index in [1.807, 2.05) is 6.26 Å². The number of nitrogens with one attached hydrogen (secondary N) is 1. The lowest BCUT2D eigenvalue weighted by Gasteiger charge is -2.15. The molecule has 72 valence electrons. The van der Waals surface area contributed by atoms with Crippen LogP contribution in [0.2, 0.25) is 0 Å². The summed E-state index contributed by atoms with van der Waals surface area (Å²) in [5.41, 5.74) is 2.37. The van der Waals surface area contributed by atoms with Gasteiger partial charge in [0.1, 0.15) is 0 Å². The molecule has 0 atom stereocenters. The number of hydrogen-bond donors (Lipinski definition) is 1. The Hall–Kier alpha value is -0.480. The second-order valence-electron chi connectivity index (χ2n) is 2.53. The van der Waals surface area contributed by atoms with Gasteiger partial charge in [0, 0.05) is 30.9 Å². The van der Waals surface area contributed by atoms with Crippen LogP contribution in [-0.2, 0) is 0 Å². The second-order valence-corrected chi connectivity index (χ2v) is 4.06. The molecule has 4 heteroatoms. The van der Waals surface area contributed by atoms with Gasteiger partial charge in [0.2, 0.25) is 0 Å². The maximum absolute atomic E-state index is 3.18. The zero-order valence-corrected chi connectivity index (χ0v) is 9.71. The molecule has 13 heavy (non-hydrogen) atoms. The van der Waals surface area contributed by atoms with E-state index in [2.05, 4.69) is 46.6 Å². The van der Waals surface area contributed by atoms with Crippen LogP contribution in [0.3, 0.4) is 0 Å². The maximum atomic E-state index is 3.18. The summed E-state index contributed by atoms with van der Waals surface area (Å²) in [5, 5.41) is 0. The highest BCUT2D eigenvalue weighted by Gasteiger charge is 1.97. The number of nitrogens with zero attached hydrogens (tertiary/aromatic N) is 1. The largest absolute Gasteiger partial charge is 0.330 e. The Morgan fingerprint density at radius 2 is 1.77 bits per heavy atom. The highest BCUT2D eigenvalue weighted by atomic mass is 32.2. The fourth-order valence-electron chi connectivity index (χ4n) is 0.963. The van der Waals surface area contributed by atoms with Gasteiger partial charge in [0.05, 0.1) is 0 Å². The van der Waals surface area contributed by atoms with Gasteiger partial charge in [0.15, 0.2) is 0 Å². The third-order valence-electron chi connectivity index (χ3n) is 1.72. The molecule has 0 saturated carbocycles. The van der Waals surface area contributed by atoms with E-state index in [0.717, 1.165) is 5.69 Å². The molecule has 0 saturated heterocycles. The van der Waals surface area contributed by atoms with Crippen molar-refractivity contribution in [3.05, 3.63) is 24.3 Å². The molecule has 0 aliphatic rings. The molecule has 0 bridgehead atoms. The van der Waals surface area contributed by atoms with E-state index in [1.165, 1.54) is 5.69 Å². The Morgan fingerprint density at radius 1 is 1.15 bits per heavy atom. The van der Waals surface area contributed by atoms with Crippen molar-refractivity contribution >= 4 is 35.3 Å². The Morgan fingerprint density at radius 3 is 2.23 bits per heavy atom. The van der Waals surface area contributed by atoms with Crippen LogP contribution in [-0.4, -0.2) is 19.6 Å². The smallest absolute Gasteiger partial charge is 0.0467 e. The molecule has 1 N–H and O–H groups in total. The molecule has 0 radical (unpaired) electrons. The molecule has 0 spiro atoms. The van der Waals surface area contributed by atoms with Crippen molar-refractivity contribution in [2.45, 2.75) is 0 Å². The van der Waals surface area contributed by atoms with Crippen molar-refractivity contribution in [3.63, 3.8) is 0 Å². The summed E-state index contributed by atoms with van der Waals surface area (Å²) < 4.78 is 5.31. The first kappa shape index (κ1) is 10.6. The van der Waals surface area contributed by atoms with E-state index >= 15 is 0 Å². The first-order chi connectivity index (χ1) is 6.27. The van der Waals surface area contributed by atoms with Gasteiger partial charge in [-0.25, -0.2) is 0 Å². The predicted octanol–water partition coefficient (Wildman–Crippen LogP) is 3.09. The van der Waals surface area contributed by atoms with Gasteiger partial charge >= 0.3 is 0 Å². The minimum Gasteiger partial charge on any atom is -0.330 e. The lowest BCUT2D eigenvalue weighted by atomic mass is 10.3. The van der Waals surface area contributed by atoms with Gasteiger partial charge in [-0.15, -0.1) is 0 Å². The van der Waals surface area contributed by atoms with Crippen LogP contribution in [0.25, 0.3) is 0 Å². The lowest BCUT2D eigenvalue weighted by Crippen LogP contribution is -2.04. The minimum absolute atomic E-state index is 1.14. The van der Waals surface area contributed by atoms with Gasteiger partial charge in [-0.05, 0) is 24.3 Å². The summed E-state index contributed by atoms with van der Waals surface area (Å²) in [7, 11) is 2.06. The van der Waals surface area contributed by atoms with Gasteiger partial charge in [0.25, 0.3) is 0 Å². The highest BCUT2D eigenvalue weighted by Crippen LogP contribution is 2.21. The van der Waals surface area contributed by atoms with Crippen molar-refractivity contribution in [1.82, 2.24) is 0 Å². The summed E-state index contributed by atoms with van der Waals surface area (Å²) in [6.07, 6.45) is 4.08.